The van der Waals surface area contributed by atoms with Gasteiger partial charge in [-0.2, -0.15) is 0 Å². The van der Waals surface area contributed by atoms with Crippen molar-refractivity contribution in [3.05, 3.63) is 84.0 Å². The fourth-order valence-corrected chi connectivity index (χ4v) is 5.19. The number of hydrogen-bond acceptors (Lipinski definition) is 0. The summed E-state index contributed by atoms with van der Waals surface area (Å²) in [5.74, 6) is 2.38. The Balaban J connectivity index is 1.38. The summed E-state index contributed by atoms with van der Waals surface area (Å²) in [4.78, 5) is 0. The Morgan fingerprint density at radius 3 is 1.90 bits per heavy atom. The van der Waals surface area contributed by atoms with E-state index in [2.05, 4.69) is 68.1 Å². The summed E-state index contributed by atoms with van der Waals surface area (Å²) < 4.78 is 0. The van der Waals surface area contributed by atoms with Gasteiger partial charge in [-0.05, 0) is 85.0 Å². The minimum atomic E-state index is 0.688. The third-order valence-electron chi connectivity index (χ3n) is 7.29. The molecule has 1 saturated carbocycles. The van der Waals surface area contributed by atoms with Crippen molar-refractivity contribution in [2.75, 3.05) is 0 Å². The van der Waals surface area contributed by atoms with Crippen LogP contribution in [0.25, 0.3) is 11.1 Å². The Kier molecular flexibility index (Phi) is 6.70. The van der Waals surface area contributed by atoms with E-state index in [1.807, 2.05) is 6.08 Å². The van der Waals surface area contributed by atoms with E-state index in [4.69, 9.17) is 0 Å². The molecule has 1 fully saturated rings. The molecule has 0 heteroatoms. The molecule has 0 aliphatic heterocycles. The topological polar surface area (TPSA) is 0 Å². The summed E-state index contributed by atoms with van der Waals surface area (Å²) >= 11 is 0. The average Bonchev–Trinajstić information content (AvgIpc) is 2.79. The van der Waals surface area contributed by atoms with Gasteiger partial charge in [0.2, 0.25) is 0 Å². The Morgan fingerprint density at radius 1 is 0.793 bits per heavy atom. The molecule has 1 unspecified atom stereocenters. The van der Waals surface area contributed by atoms with Crippen LogP contribution in [0.5, 0.6) is 0 Å². The Bertz CT molecular complexity index is 813. The number of allylic oxidation sites excluding steroid dienone is 3. The van der Waals surface area contributed by atoms with Crippen LogP contribution in [-0.4, -0.2) is 0 Å². The van der Waals surface area contributed by atoms with Gasteiger partial charge < -0.3 is 0 Å². The van der Waals surface area contributed by atoms with Crippen LogP contribution in [0.1, 0.15) is 87.7 Å². The van der Waals surface area contributed by atoms with Gasteiger partial charge in [0, 0.05) is 0 Å². The molecule has 0 bridgehead atoms. The minimum Gasteiger partial charge on any atom is -0.103 e. The molecule has 152 valence electrons. The highest BCUT2D eigenvalue weighted by Gasteiger charge is 2.20. The first-order valence-corrected chi connectivity index (χ1v) is 11.7. The SMILES string of the molecule is C=CCCC1=CCC(c2ccc(-c3ccc(C4CCC(C)CC4)cc3)cc2)CC1. The highest BCUT2D eigenvalue weighted by atomic mass is 14.2. The van der Waals surface area contributed by atoms with E-state index in [0.717, 1.165) is 18.3 Å². The van der Waals surface area contributed by atoms with Crippen LogP contribution in [0.4, 0.5) is 0 Å². The molecule has 0 spiro atoms. The first-order chi connectivity index (χ1) is 14.2. The molecule has 0 N–H and O–H groups in total. The molecule has 0 radical (unpaired) electrons. The highest BCUT2D eigenvalue weighted by molar-refractivity contribution is 5.64. The van der Waals surface area contributed by atoms with Gasteiger partial charge in [-0.3, -0.25) is 0 Å². The molecule has 2 aliphatic rings. The van der Waals surface area contributed by atoms with Crippen LogP contribution in [0, 0.1) is 5.92 Å². The lowest BCUT2D eigenvalue weighted by atomic mass is 9.79. The van der Waals surface area contributed by atoms with Crippen LogP contribution >= 0.6 is 0 Å². The molecule has 0 nitrogen and oxygen atoms in total. The van der Waals surface area contributed by atoms with Crippen molar-refractivity contribution in [1.82, 2.24) is 0 Å². The lowest BCUT2D eigenvalue weighted by Gasteiger charge is -2.26. The molecule has 0 heterocycles. The van der Waals surface area contributed by atoms with Crippen molar-refractivity contribution >= 4 is 0 Å². The molecule has 0 saturated heterocycles. The van der Waals surface area contributed by atoms with E-state index in [1.54, 1.807) is 11.1 Å². The number of benzene rings is 2. The van der Waals surface area contributed by atoms with Gasteiger partial charge >= 0.3 is 0 Å². The van der Waals surface area contributed by atoms with Crippen LogP contribution < -0.4 is 0 Å². The highest BCUT2D eigenvalue weighted by Crippen LogP contribution is 2.37. The van der Waals surface area contributed by atoms with Gasteiger partial charge in [-0.15, -0.1) is 6.58 Å². The largest absolute Gasteiger partial charge is 0.103 e. The van der Waals surface area contributed by atoms with Crippen LogP contribution in [0.15, 0.2) is 72.8 Å². The monoisotopic (exact) mass is 384 g/mol. The average molecular weight is 385 g/mol. The van der Waals surface area contributed by atoms with Gasteiger partial charge in [0.1, 0.15) is 0 Å². The zero-order valence-corrected chi connectivity index (χ0v) is 18.1. The zero-order valence-electron chi connectivity index (χ0n) is 18.1. The van der Waals surface area contributed by atoms with Crippen LogP contribution in [0.3, 0.4) is 0 Å². The Labute approximate surface area is 177 Å². The van der Waals surface area contributed by atoms with Gasteiger partial charge in [0.25, 0.3) is 0 Å². The van der Waals surface area contributed by atoms with E-state index < -0.39 is 0 Å². The van der Waals surface area contributed by atoms with Crippen molar-refractivity contribution in [3.8, 4) is 11.1 Å². The maximum absolute atomic E-state index is 3.84. The second kappa shape index (κ2) is 9.61. The summed E-state index contributed by atoms with van der Waals surface area (Å²) in [7, 11) is 0. The lowest BCUT2D eigenvalue weighted by Crippen LogP contribution is -2.10. The molecule has 0 aromatic heterocycles. The molecule has 2 aromatic carbocycles. The maximum atomic E-state index is 3.84. The summed E-state index contributed by atoms with van der Waals surface area (Å²) in [5, 5.41) is 0. The van der Waals surface area contributed by atoms with E-state index in [1.165, 1.54) is 68.1 Å². The molecule has 4 rings (SSSR count). The van der Waals surface area contributed by atoms with Crippen LogP contribution in [0.2, 0.25) is 0 Å². The van der Waals surface area contributed by atoms with Crippen molar-refractivity contribution in [2.24, 2.45) is 5.92 Å². The predicted molar refractivity (Wildman–Crippen MR) is 126 cm³/mol. The molecule has 1 atom stereocenters. The van der Waals surface area contributed by atoms with Crippen LogP contribution in [-0.2, 0) is 0 Å². The molecule has 2 aromatic rings. The predicted octanol–water partition coefficient (Wildman–Crippen LogP) is 8.81. The normalized spacial score (nSPS) is 24.7. The summed E-state index contributed by atoms with van der Waals surface area (Å²) in [6, 6.07) is 18.8. The maximum Gasteiger partial charge on any atom is -0.0124 e. The fourth-order valence-electron chi connectivity index (χ4n) is 5.19. The molecular weight excluding hydrogens is 348 g/mol. The third kappa shape index (κ3) is 5.10. The third-order valence-corrected chi connectivity index (χ3v) is 7.29. The first-order valence-electron chi connectivity index (χ1n) is 11.7. The molecule has 0 amide bonds. The second-order valence-corrected chi connectivity index (χ2v) is 9.36. The molecular formula is C29H36. The molecule has 2 aliphatic carbocycles. The smallest absolute Gasteiger partial charge is 0.0124 e. The van der Waals surface area contributed by atoms with E-state index in [-0.39, 0.29) is 0 Å². The quantitative estimate of drug-likeness (QED) is 0.436. The zero-order chi connectivity index (χ0) is 20.1. The summed E-state index contributed by atoms with van der Waals surface area (Å²) in [5.41, 5.74) is 7.36. The second-order valence-electron chi connectivity index (χ2n) is 9.36. The summed E-state index contributed by atoms with van der Waals surface area (Å²) in [6.07, 6.45) is 16.1. The van der Waals surface area contributed by atoms with Crippen molar-refractivity contribution in [3.63, 3.8) is 0 Å². The van der Waals surface area contributed by atoms with E-state index in [0.29, 0.717) is 5.92 Å². The van der Waals surface area contributed by atoms with E-state index in [9.17, 15) is 0 Å². The van der Waals surface area contributed by atoms with Crippen molar-refractivity contribution < 1.29 is 0 Å². The Morgan fingerprint density at radius 2 is 1.38 bits per heavy atom. The minimum absolute atomic E-state index is 0.688. The number of hydrogen-bond donors (Lipinski definition) is 0. The Hall–Kier alpha value is -2.08. The molecule has 29 heavy (non-hydrogen) atoms. The van der Waals surface area contributed by atoms with Crippen molar-refractivity contribution in [2.45, 2.75) is 76.5 Å². The summed E-state index contributed by atoms with van der Waals surface area (Å²) in [6.45, 7) is 6.24. The van der Waals surface area contributed by atoms with Crippen molar-refractivity contribution in [1.29, 1.82) is 0 Å². The van der Waals surface area contributed by atoms with Gasteiger partial charge in [-0.1, -0.05) is 86.0 Å². The van der Waals surface area contributed by atoms with E-state index >= 15 is 0 Å². The standard InChI is InChI=1S/C29H36/c1-3-4-5-23-8-12-25(13-9-23)27-16-20-29(21-17-27)28-18-14-26(15-19-28)24-10-6-22(2)7-11-24/h3,8,14-22,24-25H,1,4-7,9-13H2,2H3. The fraction of sp³-hybridized carbons (Fsp3) is 0.448. The first kappa shape index (κ1) is 20.2. The van der Waals surface area contributed by atoms with Gasteiger partial charge in [0.15, 0.2) is 0 Å². The number of rotatable bonds is 6. The van der Waals surface area contributed by atoms with Gasteiger partial charge in [-0.25, -0.2) is 0 Å². The van der Waals surface area contributed by atoms with Gasteiger partial charge in [0.05, 0.1) is 0 Å². The lowest BCUT2D eigenvalue weighted by molar-refractivity contribution is 0.348.